The molecule has 3 N–H and O–H groups in total. The molecule has 0 atom stereocenters. The number of ether oxygens (including phenoxy) is 1. The quantitative estimate of drug-likeness (QED) is 0.492. The zero-order valence-corrected chi connectivity index (χ0v) is 16.6. The van der Waals surface area contributed by atoms with Gasteiger partial charge >= 0.3 is 0 Å². The van der Waals surface area contributed by atoms with Crippen molar-refractivity contribution < 1.29 is 29.0 Å². The average molecular weight is 427 g/mol. The van der Waals surface area contributed by atoms with Gasteiger partial charge < -0.3 is 9.84 Å². The van der Waals surface area contributed by atoms with Crippen molar-refractivity contribution in [2.24, 2.45) is 0 Å². The van der Waals surface area contributed by atoms with E-state index in [1.54, 1.807) is 42.5 Å². The summed E-state index contributed by atoms with van der Waals surface area (Å²) in [6.45, 7) is -0.564. The van der Waals surface area contributed by atoms with Crippen molar-refractivity contribution in [3.8, 4) is 11.5 Å². The van der Waals surface area contributed by atoms with Crippen molar-refractivity contribution in [3.63, 3.8) is 0 Å². The summed E-state index contributed by atoms with van der Waals surface area (Å²) in [5, 5.41) is 9.04. The van der Waals surface area contributed by atoms with Crippen LogP contribution in [-0.2, 0) is 9.59 Å². The van der Waals surface area contributed by atoms with E-state index in [0.29, 0.717) is 11.3 Å². The summed E-state index contributed by atoms with van der Waals surface area (Å²) in [5.41, 5.74) is 4.90. The summed E-state index contributed by atoms with van der Waals surface area (Å²) in [7, 11) is 1.54. The molecule has 154 valence electrons. The van der Waals surface area contributed by atoms with Crippen LogP contribution in [0, 0.1) is 0 Å². The molecule has 1 saturated heterocycles. The van der Waals surface area contributed by atoms with E-state index in [1.807, 2.05) is 0 Å². The Bertz CT molecular complexity index is 1040. The lowest BCUT2D eigenvalue weighted by Gasteiger charge is -2.13. The number of imide groups is 1. The van der Waals surface area contributed by atoms with Gasteiger partial charge in [-0.05, 0) is 47.7 Å². The van der Waals surface area contributed by atoms with Gasteiger partial charge in [0.15, 0.2) is 0 Å². The number of para-hydroxylation sites is 1. The number of nitrogens with zero attached hydrogens (tertiary/aromatic N) is 1. The maximum Gasteiger partial charge on any atom is 0.294 e. The molecule has 30 heavy (non-hydrogen) atoms. The Morgan fingerprint density at radius 2 is 1.80 bits per heavy atom. The molecule has 4 amide bonds. The van der Waals surface area contributed by atoms with E-state index in [-0.39, 0.29) is 16.2 Å². The fraction of sp³-hybridized carbons (Fsp3) is 0.100. The second-order valence-electron chi connectivity index (χ2n) is 6.06. The molecule has 0 aromatic heterocycles. The SMILES string of the molecule is COc1ccc(/C=C2\SC(=O)N(CC(=O)NNC(=O)c3ccccc3O)C2=O)cc1. The number of rotatable bonds is 5. The van der Waals surface area contributed by atoms with Crippen LogP contribution in [0.5, 0.6) is 11.5 Å². The van der Waals surface area contributed by atoms with Gasteiger partial charge in [-0.25, -0.2) is 0 Å². The van der Waals surface area contributed by atoms with Gasteiger partial charge in [0.2, 0.25) is 0 Å². The average Bonchev–Trinajstić information content (AvgIpc) is 3.00. The first-order valence-electron chi connectivity index (χ1n) is 8.65. The number of carbonyl (C=O) groups is 4. The number of thioether (sulfide) groups is 1. The molecule has 0 saturated carbocycles. The van der Waals surface area contributed by atoms with E-state index in [1.165, 1.54) is 19.2 Å². The highest BCUT2D eigenvalue weighted by Crippen LogP contribution is 2.32. The minimum atomic E-state index is -0.772. The highest BCUT2D eigenvalue weighted by atomic mass is 32.2. The molecule has 3 rings (SSSR count). The fourth-order valence-corrected chi connectivity index (χ4v) is 3.37. The summed E-state index contributed by atoms with van der Waals surface area (Å²) >= 11 is 0.719. The van der Waals surface area contributed by atoms with E-state index < -0.39 is 29.5 Å². The van der Waals surface area contributed by atoms with Gasteiger partial charge in [0.1, 0.15) is 18.0 Å². The van der Waals surface area contributed by atoms with Gasteiger partial charge in [0.25, 0.3) is 23.0 Å². The van der Waals surface area contributed by atoms with Gasteiger partial charge in [-0.15, -0.1) is 0 Å². The van der Waals surface area contributed by atoms with E-state index in [2.05, 4.69) is 10.9 Å². The van der Waals surface area contributed by atoms with Gasteiger partial charge in [0, 0.05) is 0 Å². The lowest BCUT2D eigenvalue weighted by atomic mass is 10.2. The van der Waals surface area contributed by atoms with Crippen LogP contribution in [0.1, 0.15) is 15.9 Å². The summed E-state index contributed by atoms with van der Waals surface area (Å²) in [6.07, 6.45) is 1.54. The third kappa shape index (κ3) is 4.78. The molecule has 0 unspecified atom stereocenters. The summed E-state index contributed by atoms with van der Waals surface area (Å²) in [6, 6.07) is 12.7. The Morgan fingerprint density at radius 3 is 2.47 bits per heavy atom. The molecular weight excluding hydrogens is 410 g/mol. The third-order valence-corrected chi connectivity index (χ3v) is 4.96. The van der Waals surface area contributed by atoms with Crippen LogP contribution in [-0.4, -0.2) is 46.6 Å². The number of methoxy groups -OCH3 is 1. The number of aromatic hydroxyl groups is 1. The molecule has 0 aliphatic carbocycles. The number of phenols is 1. The Kier molecular flexibility index (Phi) is 6.38. The van der Waals surface area contributed by atoms with Crippen LogP contribution in [0.4, 0.5) is 4.79 Å². The molecule has 2 aromatic rings. The Morgan fingerprint density at radius 1 is 1.10 bits per heavy atom. The van der Waals surface area contributed by atoms with Crippen LogP contribution in [0.15, 0.2) is 53.4 Å². The molecule has 0 bridgehead atoms. The normalized spacial score (nSPS) is 14.7. The second-order valence-corrected chi connectivity index (χ2v) is 7.05. The molecule has 10 heteroatoms. The number of hydrogen-bond donors (Lipinski definition) is 3. The van der Waals surface area contributed by atoms with Crippen LogP contribution < -0.4 is 15.6 Å². The highest BCUT2D eigenvalue weighted by molar-refractivity contribution is 8.18. The largest absolute Gasteiger partial charge is 0.507 e. The number of nitrogens with one attached hydrogen (secondary N) is 2. The number of carbonyl (C=O) groups excluding carboxylic acids is 4. The number of phenolic OH excluding ortho intramolecular Hbond substituents is 1. The van der Waals surface area contributed by atoms with Crippen LogP contribution in [0.3, 0.4) is 0 Å². The first-order chi connectivity index (χ1) is 14.4. The molecule has 0 spiro atoms. The molecular formula is C20H17N3O6S. The van der Waals surface area contributed by atoms with Gasteiger partial charge in [-0.3, -0.25) is 34.9 Å². The van der Waals surface area contributed by atoms with Gasteiger partial charge in [0.05, 0.1) is 17.6 Å². The molecule has 1 fully saturated rings. The molecule has 2 aromatic carbocycles. The zero-order valence-electron chi connectivity index (χ0n) is 15.7. The number of hydrogen-bond acceptors (Lipinski definition) is 7. The molecule has 0 radical (unpaired) electrons. The first-order valence-corrected chi connectivity index (χ1v) is 9.47. The van der Waals surface area contributed by atoms with Crippen molar-refractivity contribution in [1.29, 1.82) is 0 Å². The Hall–Kier alpha value is -3.79. The summed E-state index contributed by atoms with van der Waals surface area (Å²) in [4.78, 5) is 49.6. The van der Waals surface area contributed by atoms with E-state index in [4.69, 9.17) is 4.74 Å². The van der Waals surface area contributed by atoms with Crippen molar-refractivity contribution in [3.05, 3.63) is 64.6 Å². The minimum absolute atomic E-state index is 0.0357. The summed E-state index contributed by atoms with van der Waals surface area (Å²) in [5.74, 6) is -1.72. The van der Waals surface area contributed by atoms with Gasteiger partial charge in [-0.1, -0.05) is 24.3 Å². The van der Waals surface area contributed by atoms with Gasteiger partial charge in [-0.2, -0.15) is 0 Å². The van der Waals surface area contributed by atoms with E-state index in [9.17, 15) is 24.3 Å². The number of hydrazine groups is 1. The van der Waals surface area contributed by atoms with Crippen molar-refractivity contribution in [2.75, 3.05) is 13.7 Å². The van der Waals surface area contributed by atoms with Crippen LogP contribution in [0.25, 0.3) is 6.08 Å². The minimum Gasteiger partial charge on any atom is -0.507 e. The maximum absolute atomic E-state index is 12.5. The van der Waals surface area contributed by atoms with Crippen molar-refractivity contribution in [1.82, 2.24) is 15.8 Å². The Labute approximate surface area is 175 Å². The third-order valence-electron chi connectivity index (χ3n) is 4.05. The predicted octanol–water partition coefficient (Wildman–Crippen LogP) is 1.90. The predicted molar refractivity (Wildman–Crippen MR) is 109 cm³/mol. The van der Waals surface area contributed by atoms with E-state index in [0.717, 1.165) is 16.7 Å². The fourth-order valence-electron chi connectivity index (χ4n) is 2.53. The number of benzene rings is 2. The monoisotopic (exact) mass is 427 g/mol. The lowest BCUT2D eigenvalue weighted by molar-refractivity contribution is -0.129. The standard InChI is InChI=1S/C20H17N3O6S/c1-29-13-8-6-12(7-9-13)10-16-19(27)23(20(28)30-16)11-17(25)21-22-18(26)14-4-2-3-5-15(14)24/h2-10,24H,11H2,1H3,(H,21,25)(H,22,26)/b16-10-. The van der Waals surface area contributed by atoms with Crippen molar-refractivity contribution in [2.45, 2.75) is 0 Å². The highest BCUT2D eigenvalue weighted by Gasteiger charge is 2.36. The topological polar surface area (TPSA) is 125 Å². The maximum atomic E-state index is 12.5. The molecule has 9 nitrogen and oxygen atoms in total. The lowest BCUT2D eigenvalue weighted by Crippen LogP contribution is -2.47. The second kappa shape index (κ2) is 9.14. The first kappa shape index (κ1) is 20.9. The van der Waals surface area contributed by atoms with Crippen LogP contribution >= 0.6 is 11.8 Å². The van der Waals surface area contributed by atoms with E-state index >= 15 is 0 Å². The zero-order chi connectivity index (χ0) is 21.7. The molecule has 1 aliphatic rings. The van der Waals surface area contributed by atoms with Crippen molar-refractivity contribution >= 4 is 40.8 Å². The summed E-state index contributed by atoms with van der Waals surface area (Å²) < 4.78 is 5.07. The Balaban J connectivity index is 1.59. The molecule has 1 aliphatic heterocycles. The smallest absolute Gasteiger partial charge is 0.294 e. The molecule has 1 heterocycles. The van der Waals surface area contributed by atoms with Crippen LogP contribution in [0.2, 0.25) is 0 Å². The number of amides is 4.